The molecule has 4 rings (SSSR count). The van der Waals surface area contributed by atoms with Gasteiger partial charge in [0.1, 0.15) is 5.01 Å². The third-order valence-corrected chi connectivity index (χ3v) is 5.25. The van der Waals surface area contributed by atoms with Gasteiger partial charge in [-0.05, 0) is 37.5 Å². The van der Waals surface area contributed by atoms with Crippen LogP contribution in [0.15, 0.2) is 30.6 Å². The Labute approximate surface area is 127 Å². The molecule has 2 aromatic heterocycles. The molecule has 0 radical (unpaired) electrons. The summed E-state index contributed by atoms with van der Waals surface area (Å²) in [7, 11) is 0. The van der Waals surface area contributed by atoms with Crippen molar-refractivity contribution in [1.29, 1.82) is 0 Å². The summed E-state index contributed by atoms with van der Waals surface area (Å²) in [5.41, 5.74) is 10.1. The zero-order valence-corrected chi connectivity index (χ0v) is 12.4. The molecule has 0 aliphatic heterocycles. The van der Waals surface area contributed by atoms with Gasteiger partial charge in [-0.3, -0.25) is 9.97 Å². The largest absolute Gasteiger partial charge is 0.330 e. The lowest BCUT2D eigenvalue weighted by Gasteiger charge is -2.18. The highest BCUT2D eigenvalue weighted by Gasteiger charge is 2.24. The molecule has 4 nitrogen and oxygen atoms in total. The second kappa shape index (κ2) is 5.16. The van der Waals surface area contributed by atoms with Crippen LogP contribution in [0, 0.1) is 0 Å². The number of aromatic nitrogens is 3. The van der Waals surface area contributed by atoms with Crippen molar-refractivity contribution >= 4 is 22.4 Å². The summed E-state index contributed by atoms with van der Waals surface area (Å²) in [4.78, 5) is 15.0. The van der Waals surface area contributed by atoms with Crippen molar-refractivity contribution in [2.75, 3.05) is 6.54 Å². The van der Waals surface area contributed by atoms with Crippen LogP contribution in [-0.2, 0) is 6.42 Å². The second-order valence-corrected chi connectivity index (χ2v) is 6.50. The molecule has 0 fully saturated rings. The highest BCUT2D eigenvalue weighted by Crippen LogP contribution is 2.38. The van der Waals surface area contributed by atoms with E-state index in [-0.39, 0.29) is 0 Å². The average molecular weight is 296 g/mol. The number of aryl methyl sites for hydroxylation is 1. The summed E-state index contributed by atoms with van der Waals surface area (Å²) in [5, 5.41) is 1.08. The lowest BCUT2D eigenvalue weighted by molar-refractivity contribution is 0.554. The van der Waals surface area contributed by atoms with Gasteiger partial charge in [0.15, 0.2) is 0 Å². The minimum absolute atomic E-state index is 0.430. The molecule has 0 spiro atoms. The number of nitrogens with two attached hydrogens (primary N) is 1. The zero-order chi connectivity index (χ0) is 14.2. The van der Waals surface area contributed by atoms with E-state index in [1.54, 1.807) is 23.7 Å². The predicted molar refractivity (Wildman–Crippen MR) is 85.4 cm³/mol. The van der Waals surface area contributed by atoms with E-state index in [9.17, 15) is 0 Å². The van der Waals surface area contributed by atoms with Gasteiger partial charge in [0.2, 0.25) is 0 Å². The Morgan fingerprint density at radius 1 is 1.19 bits per heavy atom. The summed E-state index contributed by atoms with van der Waals surface area (Å²) >= 11 is 1.80. The molecule has 3 aromatic rings. The van der Waals surface area contributed by atoms with Crippen LogP contribution in [0.2, 0.25) is 0 Å². The maximum absolute atomic E-state index is 5.89. The maximum atomic E-state index is 5.89. The number of hydrogen-bond donors (Lipinski definition) is 1. The molecule has 1 atom stereocenters. The summed E-state index contributed by atoms with van der Waals surface area (Å²) in [6.45, 7) is 0.694. The molecule has 0 bridgehead atoms. The van der Waals surface area contributed by atoms with Crippen LogP contribution in [0.1, 0.15) is 29.3 Å². The first-order valence-electron chi connectivity index (χ1n) is 7.26. The van der Waals surface area contributed by atoms with Gasteiger partial charge in [0.25, 0.3) is 0 Å². The van der Waals surface area contributed by atoms with E-state index in [0.717, 1.165) is 34.4 Å². The Kier molecular flexibility index (Phi) is 3.16. The maximum Gasteiger partial charge on any atom is 0.123 e. The first kappa shape index (κ1) is 12.9. The quantitative estimate of drug-likeness (QED) is 0.789. The normalized spacial score (nSPS) is 17.9. The van der Waals surface area contributed by atoms with Crippen molar-refractivity contribution in [2.24, 2.45) is 5.73 Å². The topological polar surface area (TPSA) is 64.7 Å². The Bertz CT molecular complexity index is 796. The number of benzene rings is 1. The fraction of sp³-hybridized carbons (Fsp3) is 0.312. The third-order valence-electron chi connectivity index (χ3n) is 4.07. The van der Waals surface area contributed by atoms with Gasteiger partial charge in [0.05, 0.1) is 16.7 Å². The van der Waals surface area contributed by atoms with Crippen LogP contribution in [0.4, 0.5) is 0 Å². The van der Waals surface area contributed by atoms with Gasteiger partial charge in [-0.25, -0.2) is 4.98 Å². The molecule has 1 aromatic carbocycles. The standard InChI is InChI=1S/C16H16N4S/c17-9-11-2-1-3-14-15(11)20-16(21-14)10-4-5-12-13(8-10)19-7-6-18-12/h4-8,11H,1-3,9,17H2. The fourth-order valence-electron chi connectivity index (χ4n) is 2.96. The van der Waals surface area contributed by atoms with E-state index in [4.69, 9.17) is 10.7 Å². The number of hydrogen-bond acceptors (Lipinski definition) is 5. The number of fused-ring (bicyclic) bond motifs is 2. The Balaban J connectivity index is 1.80. The van der Waals surface area contributed by atoms with Crippen molar-refractivity contribution in [3.05, 3.63) is 41.2 Å². The highest BCUT2D eigenvalue weighted by atomic mass is 32.1. The Hall–Kier alpha value is -1.85. The summed E-state index contributed by atoms with van der Waals surface area (Å²) in [5.74, 6) is 0.430. The molecule has 0 amide bonds. The van der Waals surface area contributed by atoms with Crippen molar-refractivity contribution in [3.63, 3.8) is 0 Å². The van der Waals surface area contributed by atoms with E-state index < -0.39 is 0 Å². The van der Waals surface area contributed by atoms with E-state index in [0.29, 0.717) is 12.5 Å². The highest BCUT2D eigenvalue weighted by molar-refractivity contribution is 7.15. The zero-order valence-electron chi connectivity index (χ0n) is 11.6. The van der Waals surface area contributed by atoms with Crippen LogP contribution >= 0.6 is 11.3 Å². The van der Waals surface area contributed by atoms with Gasteiger partial charge in [-0.2, -0.15) is 0 Å². The number of nitrogens with zero attached hydrogens (tertiary/aromatic N) is 3. The number of rotatable bonds is 2. The summed E-state index contributed by atoms with van der Waals surface area (Å²) in [6, 6.07) is 6.17. The lowest BCUT2D eigenvalue weighted by atomic mass is 9.91. The summed E-state index contributed by atoms with van der Waals surface area (Å²) < 4.78 is 0. The molecular weight excluding hydrogens is 280 g/mol. The van der Waals surface area contributed by atoms with Crippen LogP contribution in [0.3, 0.4) is 0 Å². The van der Waals surface area contributed by atoms with E-state index >= 15 is 0 Å². The first-order valence-corrected chi connectivity index (χ1v) is 8.07. The molecule has 2 heterocycles. The van der Waals surface area contributed by atoms with Gasteiger partial charge >= 0.3 is 0 Å². The van der Waals surface area contributed by atoms with Crippen molar-refractivity contribution in [1.82, 2.24) is 15.0 Å². The van der Waals surface area contributed by atoms with Gasteiger partial charge in [-0.15, -0.1) is 11.3 Å². The smallest absolute Gasteiger partial charge is 0.123 e. The Morgan fingerprint density at radius 3 is 2.90 bits per heavy atom. The molecule has 0 saturated heterocycles. The van der Waals surface area contributed by atoms with Crippen molar-refractivity contribution in [2.45, 2.75) is 25.2 Å². The lowest BCUT2D eigenvalue weighted by Crippen LogP contribution is -2.17. The van der Waals surface area contributed by atoms with Crippen LogP contribution < -0.4 is 5.73 Å². The molecule has 1 aliphatic rings. The van der Waals surface area contributed by atoms with E-state index in [1.165, 1.54) is 17.0 Å². The van der Waals surface area contributed by atoms with Crippen molar-refractivity contribution < 1.29 is 0 Å². The summed E-state index contributed by atoms with van der Waals surface area (Å²) in [6.07, 6.45) is 6.96. The minimum Gasteiger partial charge on any atom is -0.330 e. The molecule has 2 N–H and O–H groups in total. The molecule has 0 saturated carbocycles. The van der Waals surface area contributed by atoms with Gasteiger partial charge < -0.3 is 5.73 Å². The Morgan fingerprint density at radius 2 is 2.05 bits per heavy atom. The van der Waals surface area contributed by atoms with Crippen molar-refractivity contribution in [3.8, 4) is 10.6 Å². The van der Waals surface area contributed by atoms with Crippen LogP contribution in [-0.4, -0.2) is 21.5 Å². The second-order valence-electron chi connectivity index (χ2n) is 5.41. The first-order chi connectivity index (χ1) is 10.3. The minimum atomic E-state index is 0.430. The van der Waals surface area contributed by atoms with Gasteiger partial charge in [0, 0.05) is 35.3 Å². The molecule has 1 aliphatic carbocycles. The van der Waals surface area contributed by atoms with E-state index in [2.05, 4.69) is 22.1 Å². The predicted octanol–water partition coefficient (Wildman–Crippen LogP) is 3.13. The monoisotopic (exact) mass is 296 g/mol. The average Bonchev–Trinajstić information content (AvgIpc) is 2.98. The molecule has 21 heavy (non-hydrogen) atoms. The third kappa shape index (κ3) is 2.22. The van der Waals surface area contributed by atoms with E-state index in [1.807, 2.05) is 6.07 Å². The molecule has 5 heteroatoms. The molecule has 106 valence electrons. The molecular formula is C16H16N4S. The fourth-order valence-corrected chi connectivity index (χ4v) is 4.14. The van der Waals surface area contributed by atoms with Gasteiger partial charge in [-0.1, -0.05) is 0 Å². The molecule has 1 unspecified atom stereocenters. The SMILES string of the molecule is NCC1CCCc2sc(-c3ccc4nccnc4c3)nc21. The van der Waals surface area contributed by atoms with Crippen LogP contribution in [0.25, 0.3) is 21.6 Å². The van der Waals surface area contributed by atoms with Crippen LogP contribution in [0.5, 0.6) is 0 Å². The number of thiazole rings is 1.